The molecule has 0 unspecified atom stereocenters. The summed E-state index contributed by atoms with van der Waals surface area (Å²) in [5.41, 5.74) is 2.67. The Labute approximate surface area is 142 Å². The lowest BCUT2D eigenvalue weighted by Gasteiger charge is -2.05. The third-order valence-corrected chi connectivity index (χ3v) is 3.45. The van der Waals surface area contributed by atoms with Crippen molar-refractivity contribution in [3.63, 3.8) is 0 Å². The third kappa shape index (κ3) is 23.0. The number of carboxylic acids is 1. The fourth-order valence-corrected chi connectivity index (χ4v) is 2.00. The number of carboxylic acid groups (broad SMARTS) is 1. The first kappa shape index (κ1) is 23.9. The number of aliphatic carboxylic acids is 1. The van der Waals surface area contributed by atoms with E-state index >= 15 is 0 Å². The van der Waals surface area contributed by atoms with Crippen molar-refractivity contribution >= 4 is 12.3 Å². The highest BCUT2D eigenvalue weighted by molar-refractivity contribution is 5.66. The summed E-state index contributed by atoms with van der Waals surface area (Å²) in [7, 11) is 0. The topological polar surface area (TPSA) is 54.4 Å². The minimum atomic E-state index is -0.695. The highest BCUT2D eigenvalue weighted by atomic mass is 16.4. The van der Waals surface area contributed by atoms with Crippen LogP contribution in [0.4, 0.5) is 0 Å². The molecule has 2 atom stereocenters. The second-order valence-corrected chi connectivity index (χ2v) is 6.93. The monoisotopic (exact) mass is 324 g/mol. The molecule has 134 valence electrons. The van der Waals surface area contributed by atoms with Crippen LogP contribution in [0.2, 0.25) is 0 Å². The van der Waals surface area contributed by atoms with Crippen LogP contribution in [0.1, 0.15) is 80.1 Å². The average molecular weight is 325 g/mol. The lowest BCUT2D eigenvalue weighted by Crippen LogP contribution is -2.03. The molecule has 0 saturated heterocycles. The minimum Gasteiger partial charge on any atom is -0.481 e. The van der Waals surface area contributed by atoms with E-state index in [0.717, 1.165) is 32.0 Å². The second kappa shape index (κ2) is 15.5. The van der Waals surface area contributed by atoms with Crippen molar-refractivity contribution in [2.75, 3.05) is 0 Å². The Morgan fingerprint density at radius 3 is 1.70 bits per heavy atom. The molecular weight excluding hydrogens is 288 g/mol. The quantitative estimate of drug-likeness (QED) is 0.408. The molecule has 0 heterocycles. The molecule has 0 saturated carbocycles. The zero-order valence-electron chi connectivity index (χ0n) is 15.9. The van der Waals surface area contributed by atoms with E-state index in [1.165, 1.54) is 11.1 Å². The van der Waals surface area contributed by atoms with Gasteiger partial charge in [0.1, 0.15) is 6.29 Å². The first-order chi connectivity index (χ1) is 10.7. The predicted octanol–water partition coefficient (Wildman–Crippen LogP) is 5.80. The molecule has 0 fully saturated rings. The van der Waals surface area contributed by atoms with Crippen LogP contribution in [0.25, 0.3) is 0 Å². The van der Waals surface area contributed by atoms with Crippen LogP contribution < -0.4 is 0 Å². The van der Waals surface area contributed by atoms with Crippen molar-refractivity contribution in [3.8, 4) is 0 Å². The van der Waals surface area contributed by atoms with Gasteiger partial charge in [0.25, 0.3) is 0 Å². The van der Waals surface area contributed by atoms with E-state index in [1.54, 1.807) is 0 Å². The summed E-state index contributed by atoms with van der Waals surface area (Å²) in [4.78, 5) is 20.4. The molecule has 1 N–H and O–H groups in total. The summed E-state index contributed by atoms with van der Waals surface area (Å²) in [5.74, 6) is 0.140. The maximum Gasteiger partial charge on any atom is 0.303 e. The predicted molar refractivity (Wildman–Crippen MR) is 98.6 cm³/mol. The van der Waals surface area contributed by atoms with E-state index in [2.05, 4.69) is 46.8 Å². The molecule has 23 heavy (non-hydrogen) atoms. The largest absolute Gasteiger partial charge is 0.481 e. The molecular formula is C20H36O3. The molecule has 0 aromatic heterocycles. The molecule has 0 rings (SSSR count). The molecule has 0 aliphatic heterocycles. The number of aldehydes is 1. The Balaban J connectivity index is 0. The number of hydrogen-bond donors (Lipinski definition) is 1. The van der Waals surface area contributed by atoms with E-state index in [4.69, 9.17) is 5.11 Å². The van der Waals surface area contributed by atoms with Crippen LogP contribution in [0, 0.1) is 11.8 Å². The number of carbonyl (C=O) groups is 2. The number of allylic oxidation sites excluding steroid dienone is 4. The van der Waals surface area contributed by atoms with Crippen LogP contribution >= 0.6 is 0 Å². The Morgan fingerprint density at radius 1 is 0.913 bits per heavy atom. The van der Waals surface area contributed by atoms with E-state index in [1.807, 2.05) is 6.92 Å². The molecule has 0 spiro atoms. The van der Waals surface area contributed by atoms with Crippen molar-refractivity contribution < 1.29 is 14.7 Å². The fourth-order valence-electron chi connectivity index (χ4n) is 2.00. The standard InChI is InChI=1S/C10H18O2.C10H18O/c1-8(2)5-4-6-9(3)7-10(11)12;1-9(2)5-4-6-10(3)7-8-11/h5,9H,4,6-7H2,1-3H3,(H,11,12);5,8,10H,4,6-7H2,1-3H3/t9-;10-/m11/s1. The number of carbonyl (C=O) groups excluding carboxylic acids is 1. The van der Waals surface area contributed by atoms with Crippen molar-refractivity contribution in [1.29, 1.82) is 0 Å². The number of rotatable bonds is 10. The van der Waals surface area contributed by atoms with Gasteiger partial charge >= 0.3 is 5.97 Å². The molecule has 0 aromatic carbocycles. The van der Waals surface area contributed by atoms with E-state index in [0.29, 0.717) is 12.3 Å². The van der Waals surface area contributed by atoms with Crippen LogP contribution in [0.15, 0.2) is 23.3 Å². The Morgan fingerprint density at radius 2 is 1.35 bits per heavy atom. The van der Waals surface area contributed by atoms with Gasteiger partial charge in [0, 0.05) is 12.8 Å². The van der Waals surface area contributed by atoms with Crippen LogP contribution in [0.5, 0.6) is 0 Å². The van der Waals surface area contributed by atoms with Gasteiger partial charge in [0.15, 0.2) is 0 Å². The highest BCUT2D eigenvalue weighted by Crippen LogP contribution is 2.11. The average Bonchev–Trinajstić information content (AvgIpc) is 2.37. The SMILES string of the molecule is CC(C)=CCC[C@@H](C)CC(=O)O.CC(C)=CCC[C@@H](C)CC=O. The normalized spacial score (nSPS) is 12.3. The van der Waals surface area contributed by atoms with Gasteiger partial charge in [-0.3, -0.25) is 4.79 Å². The summed E-state index contributed by atoms with van der Waals surface area (Å²) in [6.07, 6.45) is 10.6. The van der Waals surface area contributed by atoms with E-state index in [9.17, 15) is 9.59 Å². The third-order valence-electron chi connectivity index (χ3n) is 3.45. The Bertz CT molecular complexity index is 372. The smallest absolute Gasteiger partial charge is 0.303 e. The summed E-state index contributed by atoms with van der Waals surface area (Å²) >= 11 is 0. The maximum atomic E-state index is 10.3. The first-order valence-electron chi connectivity index (χ1n) is 8.61. The van der Waals surface area contributed by atoms with E-state index < -0.39 is 5.97 Å². The minimum absolute atomic E-state index is 0.288. The van der Waals surface area contributed by atoms with Gasteiger partial charge in [-0.1, -0.05) is 37.1 Å². The summed E-state index contributed by atoms with van der Waals surface area (Å²) in [5, 5.41) is 8.48. The Hall–Kier alpha value is -1.38. The lowest BCUT2D eigenvalue weighted by atomic mass is 10.0. The Kier molecular flexibility index (Phi) is 16.1. The molecule has 3 heteroatoms. The van der Waals surface area contributed by atoms with E-state index in [-0.39, 0.29) is 12.3 Å². The zero-order chi connectivity index (χ0) is 18.3. The molecule has 0 aliphatic rings. The van der Waals surface area contributed by atoms with Gasteiger partial charge in [-0.15, -0.1) is 0 Å². The van der Waals surface area contributed by atoms with Crippen molar-refractivity contribution in [2.24, 2.45) is 11.8 Å². The summed E-state index contributed by atoms with van der Waals surface area (Å²) in [6.45, 7) is 12.4. The first-order valence-corrected chi connectivity index (χ1v) is 8.61. The second-order valence-electron chi connectivity index (χ2n) is 6.93. The molecule has 0 radical (unpaired) electrons. The molecule has 0 aliphatic carbocycles. The maximum absolute atomic E-state index is 10.3. The van der Waals surface area contributed by atoms with Gasteiger partial charge in [-0.05, 0) is 65.2 Å². The molecule has 0 amide bonds. The van der Waals surface area contributed by atoms with Crippen LogP contribution in [-0.4, -0.2) is 17.4 Å². The highest BCUT2D eigenvalue weighted by Gasteiger charge is 2.05. The summed E-state index contributed by atoms with van der Waals surface area (Å²) in [6, 6.07) is 0. The van der Waals surface area contributed by atoms with Gasteiger partial charge in [-0.25, -0.2) is 0 Å². The summed E-state index contributed by atoms with van der Waals surface area (Å²) < 4.78 is 0. The fraction of sp³-hybridized carbons (Fsp3) is 0.700. The van der Waals surface area contributed by atoms with Crippen LogP contribution in [0.3, 0.4) is 0 Å². The molecule has 0 bridgehead atoms. The zero-order valence-corrected chi connectivity index (χ0v) is 15.9. The van der Waals surface area contributed by atoms with Gasteiger partial charge in [0.2, 0.25) is 0 Å². The number of hydrogen-bond acceptors (Lipinski definition) is 2. The van der Waals surface area contributed by atoms with Gasteiger partial charge in [-0.2, -0.15) is 0 Å². The lowest BCUT2D eigenvalue weighted by molar-refractivity contribution is -0.138. The molecule has 0 aromatic rings. The van der Waals surface area contributed by atoms with Gasteiger partial charge < -0.3 is 9.90 Å². The van der Waals surface area contributed by atoms with Crippen molar-refractivity contribution in [2.45, 2.75) is 80.1 Å². The molecule has 3 nitrogen and oxygen atoms in total. The van der Waals surface area contributed by atoms with Gasteiger partial charge in [0.05, 0.1) is 0 Å². The van der Waals surface area contributed by atoms with Crippen LogP contribution in [-0.2, 0) is 9.59 Å². The van der Waals surface area contributed by atoms with Crippen molar-refractivity contribution in [3.05, 3.63) is 23.3 Å². The van der Waals surface area contributed by atoms with Crippen molar-refractivity contribution in [1.82, 2.24) is 0 Å².